The first kappa shape index (κ1) is 17.2. The van der Waals surface area contributed by atoms with Crippen LogP contribution in [0.1, 0.15) is 16.5 Å². The summed E-state index contributed by atoms with van der Waals surface area (Å²) in [6.07, 6.45) is -0.819. The number of hydroxylamine groups is 1. The van der Waals surface area contributed by atoms with Crippen LogP contribution in [0.4, 0.5) is 11.4 Å². The maximum absolute atomic E-state index is 13.4. The molecular formula is C22H18N2O3S. The van der Waals surface area contributed by atoms with Gasteiger partial charge in [0.1, 0.15) is 12.0 Å². The van der Waals surface area contributed by atoms with Gasteiger partial charge in [0, 0.05) is 4.88 Å². The van der Waals surface area contributed by atoms with Crippen molar-refractivity contribution in [2.45, 2.75) is 19.1 Å². The van der Waals surface area contributed by atoms with Crippen LogP contribution in [0.5, 0.6) is 0 Å². The van der Waals surface area contributed by atoms with Crippen LogP contribution in [0.2, 0.25) is 0 Å². The predicted molar refractivity (Wildman–Crippen MR) is 108 cm³/mol. The summed E-state index contributed by atoms with van der Waals surface area (Å²) in [7, 11) is 0. The highest BCUT2D eigenvalue weighted by Gasteiger charge is 2.60. The van der Waals surface area contributed by atoms with Crippen LogP contribution in [0.15, 0.2) is 72.1 Å². The van der Waals surface area contributed by atoms with E-state index in [1.807, 2.05) is 73.0 Å². The number of rotatable bonds is 3. The zero-order valence-electron chi connectivity index (χ0n) is 15.2. The maximum Gasteiger partial charge on any atom is 0.266 e. The predicted octanol–water partition coefficient (Wildman–Crippen LogP) is 4.11. The molecule has 140 valence electrons. The van der Waals surface area contributed by atoms with Crippen molar-refractivity contribution in [2.24, 2.45) is 5.92 Å². The Bertz CT molecular complexity index is 1030. The van der Waals surface area contributed by atoms with Gasteiger partial charge >= 0.3 is 0 Å². The van der Waals surface area contributed by atoms with Crippen molar-refractivity contribution in [1.29, 1.82) is 0 Å². The molecule has 2 fully saturated rings. The Hall–Kier alpha value is -2.96. The lowest BCUT2D eigenvalue weighted by Crippen LogP contribution is -2.37. The number of carbonyl (C=O) groups is 2. The largest absolute Gasteiger partial charge is 0.273 e. The van der Waals surface area contributed by atoms with Gasteiger partial charge in [-0.2, -0.15) is 0 Å². The van der Waals surface area contributed by atoms with Crippen molar-refractivity contribution in [1.82, 2.24) is 0 Å². The molecule has 2 aliphatic rings. The van der Waals surface area contributed by atoms with Crippen molar-refractivity contribution in [3.8, 4) is 0 Å². The van der Waals surface area contributed by atoms with E-state index in [1.54, 1.807) is 22.5 Å². The van der Waals surface area contributed by atoms with Crippen LogP contribution in [0.25, 0.3) is 0 Å². The molecular weight excluding hydrogens is 372 g/mol. The van der Waals surface area contributed by atoms with Gasteiger partial charge in [-0.3, -0.25) is 14.4 Å². The number of imide groups is 1. The molecule has 3 aromatic rings. The van der Waals surface area contributed by atoms with Crippen molar-refractivity contribution in [3.05, 3.63) is 82.6 Å². The number of aryl methyl sites for hydroxylation is 1. The second-order valence-electron chi connectivity index (χ2n) is 7.02. The van der Waals surface area contributed by atoms with E-state index in [0.717, 1.165) is 16.1 Å². The highest BCUT2D eigenvalue weighted by Crippen LogP contribution is 2.48. The molecule has 0 saturated carbocycles. The van der Waals surface area contributed by atoms with Gasteiger partial charge in [-0.05, 0) is 48.2 Å². The third kappa shape index (κ3) is 2.57. The molecule has 3 atom stereocenters. The molecule has 2 aliphatic heterocycles. The Kier molecular flexibility index (Phi) is 4.03. The number of para-hydroxylation sites is 1. The minimum Gasteiger partial charge on any atom is -0.273 e. The molecule has 2 amide bonds. The van der Waals surface area contributed by atoms with Crippen LogP contribution < -0.4 is 9.96 Å². The standard InChI is InChI=1S/C22H18N2O3S/c1-14-7-5-10-16(13-14)23-21(25)18-19(17-11-6-12-28-17)24(27-20(18)22(23)26)15-8-3-2-4-9-15/h2-13,18-20H,1H3/t18-,19+,20+/m1/s1. The van der Waals surface area contributed by atoms with E-state index in [-0.39, 0.29) is 17.9 Å². The summed E-state index contributed by atoms with van der Waals surface area (Å²) in [4.78, 5) is 34.9. The van der Waals surface area contributed by atoms with Crippen molar-refractivity contribution in [3.63, 3.8) is 0 Å². The lowest BCUT2D eigenvalue weighted by Gasteiger charge is -2.27. The highest BCUT2D eigenvalue weighted by atomic mass is 32.1. The number of nitrogens with zero attached hydrogens (tertiary/aromatic N) is 2. The van der Waals surface area contributed by atoms with Gasteiger partial charge in [-0.25, -0.2) is 9.96 Å². The molecule has 2 aromatic carbocycles. The minimum absolute atomic E-state index is 0.211. The van der Waals surface area contributed by atoms with Gasteiger partial charge in [0.15, 0.2) is 6.10 Å². The van der Waals surface area contributed by atoms with E-state index in [9.17, 15) is 9.59 Å². The first-order valence-electron chi connectivity index (χ1n) is 9.14. The number of carbonyl (C=O) groups excluding carboxylic acids is 2. The Labute approximate surface area is 166 Å². The van der Waals surface area contributed by atoms with E-state index >= 15 is 0 Å². The van der Waals surface area contributed by atoms with Crippen LogP contribution in [-0.4, -0.2) is 17.9 Å². The summed E-state index contributed by atoms with van der Waals surface area (Å²) < 4.78 is 0. The minimum atomic E-state index is -0.819. The summed E-state index contributed by atoms with van der Waals surface area (Å²) in [6.45, 7) is 1.94. The SMILES string of the molecule is Cc1cccc(N2C(=O)[C@H]3[C@H](ON(c4ccccc4)[C@H]3c3cccs3)C2=O)c1. The number of hydrogen-bond donors (Lipinski definition) is 0. The number of amides is 2. The molecule has 0 unspecified atom stereocenters. The topological polar surface area (TPSA) is 49.9 Å². The molecule has 0 bridgehead atoms. The Morgan fingerprint density at radius 1 is 0.893 bits per heavy atom. The molecule has 3 heterocycles. The normalized spacial score (nSPS) is 24.1. The van der Waals surface area contributed by atoms with Gasteiger partial charge in [-0.1, -0.05) is 36.4 Å². The fourth-order valence-electron chi connectivity index (χ4n) is 3.98. The van der Waals surface area contributed by atoms with Crippen LogP contribution in [0, 0.1) is 12.8 Å². The van der Waals surface area contributed by atoms with E-state index in [2.05, 4.69) is 0 Å². The molecule has 0 aliphatic carbocycles. The van der Waals surface area contributed by atoms with Crippen LogP contribution in [-0.2, 0) is 14.4 Å². The van der Waals surface area contributed by atoms with Gasteiger partial charge < -0.3 is 0 Å². The Morgan fingerprint density at radius 3 is 2.39 bits per heavy atom. The smallest absolute Gasteiger partial charge is 0.266 e. The summed E-state index contributed by atoms with van der Waals surface area (Å²) in [6, 6.07) is 20.7. The Morgan fingerprint density at radius 2 is 1.68 bits per heavy atom. The lowest BCUT2D eigenvalue weighted by molar-refractivity contribution is -0.126. The second kappa shape index (κ2) is 6.58. The van der Waals surface area contributed by atoms with Gasteiger partial charge in [0.25, 0.3) is 5.91 Å². The molecule has 5 nitrogen and oxygen atoms in total. The second-order valence-corrected chi connectivity index (χ2v) is 8.00. The zero-order valence-corrected chi connectivity index (χ0v) is 16.0. The number of hydrogen-bond acceptors (Lipinski definition) is 5. The molecule has 0 N–H and O–H groups in total. The zero-order chi connectivity index (χ0) is 19.3. The van der Waals surface area contributed by atoms with Crippen molar-refractivity contribution < 1.29 is 14.4 Å². The summed E-state index contributed by atoms with van der Waals surface area (Å²) >= 11 is 1.57. The van der Waals surface area contributed by atoms with E-state index in [0.29, 0.717) is 5.69 Å². The van der Waals surface area contributed by atoms with E-state index < -0.39 is 12.0 Å². The van der Waals surface area contributed by atoms with Crippen LogP contribution in [0.3, 0.4) is 0 Å². The van der Waals surface area contributed by atoms with Gasteiger partial charge in [-0.15, -0.1) is 11.3 Å². The number of thiophene rings is 1. The third-order valence-electron chi connectivity index (χ3n) is 5.22. The number of benzene rings is 2. The number of fused-ring (bicyclic) bond motifs is 1. The molecule has 0 spiro atoms. The molecule has 1 aromatic heterocycles. The first-order chi connectivity index (χ1) is 13.6. The average Bonchev–Trinajstić information content (AvgIpc) is 3.40. The van der Waals surface area contributed by atoms with E-state index in [1.165, 1.54) is 4.90 Å². The molecule has 5 rings (SSSR count). The summed E-state index contributed by atoms with van der Waals surface area (Å²) in [5.41, 5.74) is 2.43. The fraction of sp³-hybridized carbons (Fsp3) is 0.182. The molecule has 0 radical (unpaired) electrons. The van der Waals surface area contributed by atoms with E-state index in [4.69, 9.17) is 4.84 Å². The van der Waals surface area contributed by atoms with Crippen molar-refractivity contribution >= 4 is 34.5 Å². The quantitative estimate of drug-likeness (QED) is 0.632. The van der Waals surface area contributed by atoms with Crippen LogP contribution >= 0.6 is 11.3 Å². The maximum atomic E-state index is 13.4. The Balaban J connectivity index is 1.57. The first-order valence-corrected chi connectivity index (χ1v) is 10.0. The monoisotopic (exact) mass is 390 g/mol. The third-order valence-corrected chi connectivity index (χ3v) is 6.16. The number of anilines is 2. The lowest BCUT2D eigenvalue weighted by atomic mass is 9.95. The molecule has 6 heteroatoms. The van der Waals surface area contributed by atoms with Gasteiger partial charge in [0.2, 0.25) is 5.91 Å². The van der Waals surface area contributed by atoms with Crippen molar-refractivity contribution in [2.75, 3.05) is 9.96 Å². The highest BCUT2D eigenvalue weighted by molar-refractivity contribution is 7.10. The summed E-state index contributed by atoms with van der Waals surface area (Å²) in [5.74, 6) is -1.09. The summed E-state index contributed by atoms with van der Waals surface area (Å²) in [5, 5.41) is 3.70. The molecule has 28 heavy (non-hydrogen) atoms. The van der Waals surface area contributed by atoms with Gasteiger partial charge in [0.05, 0.1) is 11.4 Å². The average molecular weight is 390 g/mol. The molecule has 2 saturated heterocycles. The fourth-order valence-corrected chi connectivity index (χ4v) is 4.84.